The van der Waals surface area contributed by atoms with Crippen molar-refractivity contribution in [3.63, 3.8) is 0 Å². The third kappa shape index (κ3) is 11.9. The van der Waals surface area contributed by atoms with Crippen LogP contribution in [0.5, 0.6) is 0 Å². The van der Waals surface area contributed by atoms with Crippen molar-refractivity contribution in [2.45, 2.75) is 121 Å². The summed E-state index contributed by atoms with van der Waals surface area (Å²) in [6.07, 6.45) is 22.0. The Morgan fingerprint density at radius 1 is 0.711 bits per heavy atom. The molecule has 2 aromatic rings. The fourth-order valence-electron chi connectivity index (χ4n) is 5.30. The molecule has 1 amide bonds. The predicted octanol–water partition coefficient (Wildman–Crippen LogP) is 9.43. The number of benzene rings is 2. The SMILES string of the molecule is CCCCCCCCCCCCCCCCCCNC(=O)[C@@H]1CSC(c2ccc(-c3ccccc3)cc2)N1. The molecule has 210 valence electrons. The molecule has 2 atom stereocenters. The first-order valence-electron chi connectivity index (χ1n) is 15.6. The highest BCUT2D eigenvalue weighted by Gasteiger charge is 2.30. The molecule has 1 heterocycles. The molecule has 1 saturated heterocycles. The molecule has 1 fully saturated rings. The molecule has 4 heteroatoms. The molecule has 1 aliphatic heterocycles. The molecule has 1 unspecified atom stereocenters. The first-order chi connectivity index (χ1) is 18.8. The summed E-state index contributed by atoms with van der Waals surface area (Å²) in [6.45, 7) is 3.09. The van der Waals surface area contributed by atoms with Gasteiger partial charge in [-0.2, -0.15) is 0 Å². The van der Waals surface area contributed by atoms with E-state index in [9.17, 15) is 4.79 Å². The number of hydrogen-bond donors (Lipinski definition) is 2. The standard InChI is InChI=1S/C34H52N2OS/c1-2-3-4-5-6-7-8-9-10-11-12-13-14-15-16-20-27-35-33(37)32-28-38-34(36-32)31-25-23-30(24-26-31)29-21-18-17-19-22-29/h17-19,21-26,32,34,36H,2-16,20,27-28H2,1H3,(H,35,37)/t32-,34?/m0/s1. The summed E-state index contributed by atoms with van der Waals surface area (Å²) in [6, 6.07) is 19.1. The maximum absolute atomic E-state index is 12.6. The van der Waals surface area contributed by atoms with E-state index < -0.39 is 0 Å². The first-order valence-corrected chi connectivity index (χ1v) is 16.6. The van der Waals surface area contributed by atoms with Crippen LogP contribution in [0.1, 0.15) is 121 Å². The van der Waals surface area contributed by atoms with Gasteiger partial charge in [0.05, 0.1) is 11.4 Å². The molecule has 2 aromatic carbocycles. The van der Waals surface area contributed by atoms with Crippen LogP contribution >= 0.6 is 11.8 Å². The molecule has 3 rings (SSSR count). The normalized spacial score (nSPS) is 17.1. The molecule has 1 aliphatic rings. The second-order valence-electron chi connectivity index (χ2n) is 11.0. The lowest BCUT2D eigenvalue weighted by Crippen LogP contribution is -2.42. The number of hydrogen-bond acceptors (Lipinski definition) is 3. The number of amides is 1. The van der Waals surface area contributed by atoms with Crippen LogP contribution in [0.2, 0.25) is 0 Å². The van der Waals surface area contributed by atoms with Crippen LogP contribution in [-0.2, 0) is 4.79 Å². The Morgan fingerprint density at radius 3 is 1.76 bits per heavy atom. The lowest BCUT2D eigenvalue weighted by atomic mass is 10.0. The highest BCUT2D eigenvalue weighted by Crippen LogP contribution is 2.33. The van der Waals surface area contributed by atoms with Gasteiger partial charge < -0.3 is 5.32 Å². The van der Waals surface area contributed by atoms with Crippen LogP contribution in [0.3, 0.4) is 0 Å². The molecule has 0 aliphatic carbocycles. The summed E-state index contributed by atoms with van der Waals surface area (Å²) in [4.78, 5) is 12.6. The molecule has 38 heavy (non-hydrogen) atoms. The number of thioether (sulfide) groups is 1. The zero-order chi connectivity index (χ0) is 26.7. The van der Waals surface area contributed by atoms with Gasteiger partial charge in [-0.1, -0.05) is 158 Å². The van der Waals surface area contributed by atoms with Crippen LogP contribution in [-0.4, -0.2) is 24.2 Å². The summed E-state index contributed by atoms with van der Waals surface area (Å²) < 4.78 is 0. The number of carbonyl (C=O) groups excluding carboxylic acids is 1. The fourth-order valence-corrected chi connectivity index (χ4v) is 6.55. The van der Waals surface area contributed by atoms with E-state index in [2.05, 4.69) is 66.1 Å². The second kappa shape index (κ2) is 19.3. The number of unbranched alkanes of at least 4 members (excludes halogenated alkanes) is 15. The molecule has 0 aromatic heterocycles. The maximum atomic E-state index is 12.6. The molecular weight excluding hydrogens is 484 g/mol. The van der Waals surface area contributed by atoms with Crippen molar-refractivity contribution in [3.05, 3.63) is 60.2 Å². The summed E-state index contributed by atoms with van der Waals surface area (Å²) in [7, 11) is 0. The van der Waals surface area contributed by atoms with Crippen molar-refractivity contribution in [2.24, 2.45) is 0 Å². The van der Waals surface area contributed by atoms with Crippen LogP contribution in [0, 0.1) is 0 Å². The smallest absolute Gasteiger partial charge is 0.238 e. The van der Waals surface area contributed by atoms with E-state index in [1.807, 2.05) is 17.8 Å². The van der Waals surface area contributed by atoms with Gasteiger partial charge in [0.1, 0.15) is 0 Å². The van der Waals surface area contributed by atoms with Gasteiger partial charge in [-0.25, -0.2) is 0 Å². The molecule has 0 radical (unpaired) electrons. The minimum absolute atomic E-state index is 0.0974. The molecular formula is C34H52N2OS. The molecule has 0 saturated carbocycles. The maximum Gasteiger partial charge on any atom is 0.238 e. The topological polar surface area (TPSA) is 41.1 Å². The third-order valence-corrected chi connectivity index (χ3v) is 9.02. The van der Waals surface area contributed by atoms with Crippen molar-refractivity contribution in [2.75, 3.05) is 12.3 Å². The molecule has 0 spiro atoms. The minimum atomic E-state index is -0.0974. The highest BCUT2D eigenvalue weighted by atomic mass is 32.2. The number of nitrogens with one attached hydrogen (secondary N) is 2. The van der Waals surface area contributed by atoms with Gasteiger partial charge in [0.25, 0.3) is 0 Å². The van der Waals surface area contributed by atoms with Crippen molar-refractivity contribution in [1.82, 2.24) is 10.6 Å². The molecule has 2 N–H and O–H groups in total. The van der Waals surface area contributed by atoms with Crippen LogP contribution in [0.25, 0.3) is 11.1 Å². The van der Waals surface area contributed by atoms with Gasteiger partial charge in [-0.3, -0.25) is 10.1 Å². The van der Waals surface area contributed by atoms with Gasteiger partial charge in [0.15, 0.2) is 0 Å². The summed E-state index contributed by atoms with van der Waals surface area (Å²) in [5.74, 6) is 0.984. The number of rotatable bonds is 20. The largest absolute Gasteiger partial charge is 0.355 e. The molecule has 0 bridgehead atoms. The monoisotopic (exact) mass is 536 g/mol. The van der Waals surface area contributed by atoms with Crippen LogP contribution in [0.4, 0.5) is 0 Å². The highest BCUT2D eigenvalue weighted by molar-refractivity contribution is 7.99. The second-order valence-corrected chi connectivity index (χ2v) is 12.2. The summed E-state index contributed by atoms with van der Waals surface area (Å²) in [5, 5.41) is 6.87. The van der Waals surface area contributed by atoms with Gasteiger partial charge in [-0.15, -0.1) is 11.8 Å². The summed E-state index contributed by atoms with van der Waals surface area (Å²) in [5.41, 5.74) is 3.70. The van der Waals surface area contributed by atoms with E-state index in [0.29, 0.717) is 0 Å². The van der Waals surface area contributed by atoms with E-state index in [4.69, 9.17) is 0 Å². The average molecular weight is 537 g/mol. The van der Waals surface area contributed by atoms with E-state index in [1.54, 1.807) is 0 Å². The first kappa shape index (κ1) is 30.8. The quantitative estimate of drug-likeness (QED) is 0.166. The average Bonchev–Trinajstić information content (AvgIpc) is 3.46. The Hall–Kier alpha value is -1.78. The molecule has 3 nitrogen and oxygen atoms in total. The Labute approximate surface area is 237 Å². The van der Waals surface area contributed by atoms with Crippen molar-refractivity contribution in [1.29, 1.82) is 0 Å². The van der Waals surface area contributed by atoms with Gasteiger partial charge >= 0.3 is 0 Å². The van der Waals surface area contributed by atoms with Gasteiger partial charge in [0, 0.05) is 12.3 Å². The van der Waals surface area contributed by atoms with Crippen molar-refractivity contribution >= 4 is 17.7 Å². The number of carbonyl (C=O) groups is 1. The zero-order valence-corrected chi connectivity index (χ0v) is 24.7. The van der Waals surface area contributed by atoms with Crippen LogP contribution < -0.4 is 10.6 Å². The van der Waals surface area contributed by atoms with E-state index in [0.717, 1.165) is 18.7 Å². The van der Waals surface area contributed by atoms with E-state index >= 15 is 0 Å². The van der Waals surface area contributed by atoms with Gasteiger partial charge in [-0.05, 0) is 23.1 Å². The van der Waals surface area contributed by atoms with E-state index in [1.165, 1.54) is 113 Å². The van der Waals surface area contributed by atoms with Crippen LogP contribution in [0.15, 0.2) is 54.6 Å². The summed E-state index contributed by atoms with van der Waals surface area (Å²) >= 11 is 1.83. The third-order valence-electron chi connectivity index (χ3n) is 7.75. The lowest BCUT2D eigenvalue weighted by molar-refractivity contribution is -0.122. The Balaban J connectivity index is 1.14. The Morgan fingerprint density at radius 2 is 1.21 bits per heavy atom. The fraction of sp³-hybridized carbons (Fsp3) is 0.618. The van der Waals surface area contributed by atoms with Crippen molar-refractivity contribution < 1.29 is 4.79 Å². The van der Waals surface area contributed by atoms with E-state index in [-0.39, 0.29) is 17.3 Å². The minimum Gasteiger partial charge on any atom is -0.355 e. The van der Waals surface area contributed by atoms with Crippen molar-refractivity contribution in [3.8, 4) is 11.1 Å². The Kier molecular flexibility index (Phi) is 15.6. The van der Waals surface area contributed by atoms with Gasteiger partial charge in [0.2, 0.25) is 5.91 Å². The Bertz CT molecular complexity index is 870. The predicted molar refractivity (Wildman–Crippen MR) is 167 cm³/mol. The zero-order valence-electron chi connectivity index (χ0n) is 23.9. The lowest BCUT2D eigenvalue weighted by Gasteiger charge is -2.14.